The van der Waals surface area contributed by atoms with Crippen LogP contribution in [0.5, 0.6) is 0 Å². The molecule has 0 bridgehead atoms. The molecule has 0 aliphatic rings. The molecule has 0 aliphatic carbocycles. The lowest BCUT2D eigenvalue weighted by atomic mass is 10.2. The summed E-state index contributed by atoms with van der Waals surface area (Å²) >= 11 is 12.0. The fourth-order valence-corrected chi connectivity index (χ4v) is 2.58. The van der Waals surface area contributed by atoms with E-state index in [0.717, 1.165) is 5.56 Å². The number of benzene rings is 1. The van der Waals surface area contributed by atoms with Gasteiger partial charge in [-0.25, -0.2) is 0 Å². The van der Waals surface area contributed by atoms with Crippen LogP contribution in [0.15, 0.2) is 59.3 Å². The Morgan fingerprint density at radius 2 is 2.04 bits per heavy atom. The van der Waals surface area contributed by atoms with Crippen molar-refractivity contribution in [3.8, 4) is 11.3 Å². The van der Waals surface area contributed by atoms with E-state index in [0.29, 0.717) is 27.1 Å². The van der Waals surface area contributed by atoms with E-state index in [9.17, 15) is 4.79 Å². The average Bonchev–Trinajstić information content (AvgIpc) is 3.02. The molecule has 0 radical (unpaired) electrons. The summed E-state index contributed by atoms with van der Waals surface area (Å²) in [5.74, 6) is 1.04. The fraction of sp³-hybridized carbons (Fsp3) is 0.0588. The van der Waals surface area contributed by atoms with Crippen LogP contribution in [-0.4, -0.2) is 10.9 Å². The summed E-state index contributed by atoms with van der Waals surface area (Å²) in [6.07, 6.45) is 3.13. The van der Waals surface area contributed by atoms with Crippen LogP contribution in [0.1, 0.15) is 16.1 Å². The second-order valence-electron chi connectivity index (χ2n) is 4.81. The number of nitrogens with one attached hydrogen (secondary N) is 1. The largest absolute Gasteiger partial charge is 0.459 e. The number of hydrogen-bond acceptors (Lipinski definition) is 3. The molecule has 0 spiro atoms. The van der Waals surface area contributed by atoms with Crippen molar-refractivity contribution in [2.45, 2.75) is 6.54 Å². The second kappa shape index (κ2) is 6.86. The summed E-state index contributed by atoms with van der Waals surface area (Å²) in [4.78, 5) is 15.9. The standard InChI is InChI=1S/C17H12Cl2N2O2/c18-12-3-5-14(15(19)8-12)16-6-4-13(23-16)10-21-17(22)11-2-1-7-20-9-11/h1-9H,10H2,(H,21,22). The van der Waals surface area contributed by atoms with Gasteiger partial charge in [0.1, 0.15) is 11.5 Å². The third-order valence-electron chi connectivity index (χ3n) is 3.21. The van der Waals surface area contributed by atoms with Crippen LogP contribution >= 0.6 is 23.2 Å². The highest BCUT2D eigenvalue weighted by atomic mass is 35.5. The highest BCUT2D eigenvalue weighted by molar-refractivity contribution is 6.36. The maximum absolute atomic E-state index is 12.0. The summed E-state index contributed by atoms with van der Waals surface area (Å²) < 4.78 is 5.72. The monoisotopic (exact) mass is 346 g/mol. The van der Waals surface area contributed by atoms with E-state index >= 15 is 0 Å². The molecule has 116 valence electrons. The average molecular weight is 347 g/mol. The zero-order valence-electron chi connectivity index (χ0n) is 11.9. The Balaban J connectivity index is 1.69. The molecule has 23 heavy (non-hydrogen) atoms. The zero-order valence-corrected chi connectivity index (χ0v) is 13.4. The lowest BCUT2D eigenvalue weighted by molar-refractivity contribution is 0.0947. The molecule has 1 amide bonds. The van der Waals surface area contributed by atoms with E-state index in [2.05, 4.69) is 10.3 Å². The number of aromatic nitrogens is 1. The summed E-state index contributed by atoms with van der Waals surface area (Å²) in [7, 11) is 0. The number of hydrogen-bond donors (Lipinski definition) is 1. The van der Waals surface area contributed by atoms with Crippen molar-refractivity contribution in [3.63, 3.8) is 0 Å². The van der Waals surface area contributed by atoms with Gasteiger partial charge in [0.05, 0.1) is 17.1 Å². The Bertz CT molecular complexity index is 832. The molecule has 0 saturated heterocycles. The van der Waals surface area contributed by atoms with Gasteiger partial charge < -0.3 is 9.73 Å². The van der Waals surface area contributed by atoms with E-state index in [1.54, 1.807) is 48.7 Å². The Morgan fingerprint density at radius 1 is 1.17 bits per heavy atom. The predicted molar refractivity (Wildman–Crippen MR) is 89.6 cm³/mol. The molecule has 0 saturated carbocycles. The number of furan rings is 1. The molecular weight excluding hydrogens is 335 g/mol. The Labute approximate surface area is 143 Å². The highest BCUT2D eigenvalue weighted by Gasteiger charge is 2.10. The predicted octanol–water partition coefficient (Wildman–Crippen LogP) is 4.58. The van der Waals surface area contributed by atoms with Crippen LogP contribution in [-0.2, 0) is 6.54 Å². The van der Waals surface area contributed by atoms with E-state index in [1.807, 2.05) is 0 Å². The number of pyridine rings is 1. The first-order valence-corrected chi connectivity index (χ1v) is 7.61. The first-order valence-electron chi connectivity index (χ1n) is 6.86. The summed E-state index contributed by atoms with van der Waals surface area (Å²) in [5.41, 5.74) is 1.25. The van der Waals surface area contributed by atoms with Gasteiger partial charge in [0, 0.05) is 23.0 Å². The van der Waals surface area contributed by atoms with Crippen molar-refractivity contribution < 1.29 is 9.21 Å². The first-order chi connectivity index (χ1) is 11.1. The Kier molecular flexibility index (Phi) is 4.65. The molecule has 3 rings (SSSR count). The van der Waals surface area contributed by atoms with E-state index < -0.39 is 0 Å². The van der Waals surface area contributed by atoms with Crippen LogP contribution in [0.25, 0.3) is 11.3 Å². The second-order valence-corrected chi connectivity index (χ2v) is 5.66. The minimum absolute atomic E-state index is 0.208. The highest BCUT2D eigenvalue weighted by Crippen LogP contribution is 2.31. The molecule has 1 aromatic carbocycles. The number of carbonyl (C=O) groups is 1. The smallest absolute Gasteiger partial charge is 0.253 e. The van der Waals surface area contributed by atoms with Gasteiger partial charge in [-0.05, 0) is 42.5 Å². The summed E-state index contributed by atoms with van der Waals surface area (Å²) in [6.45, 7) is 0.277. The van der Waals surface area contributed by atoms with Gasteiger partial charge in [-0.1, -0.05) is 23.2 Å². The van der Waals surface area contributed by atoms with Gasteiger partial charge in [0.2, 0.25) is 0 Å². The fourth-order valence-electron chi connectivity index (χ4n) is 2.07. The number of rotatable bonds is 4. The third-order valence-corrected chi connectivity index (χ3v) is 3.75. The van der Waals surface area contributed by atoms with Crippen LogP contribution in [0.3, 0.4) is 0 Å². The molecule has 3 aromatic rings. The van der Waals surface area contributed by atoms with Gasteiger partial charge in [0.15, 0.2) is 0 Å². The van der Waals surface area contributed by atoms with Crippen LogP contribution in [0.2, 0.25) is 10.0 Å². The minimum Gasteiger partial charge on any atom is -0.459 e. The van der Waals surface area contributed by atoms with Gasteiger partial charge in [-0.15, -0.1) is 0 Å². The molecule has 0 unspecified atom stereocenters. The van der Waals surface area contributed by atoms with E-state index in [1.165, 1.54) is 6.20 Å². The van der Waals surface area contributed by atoms with Crippen molar-refractivity contribution in [1.82, 2.24) is 10.3 Å². The Morgan fingerprint density at radius 3 is 2.78 bits per heavy atom. The van der Waals surface area contributed by atoms with Crippen molar-refractivity contribution in [2.75, 3.05) is 0 Å². The number of amides is 1. The normalized spacial score (nSPS) is 10.5. The number of carbonyl (C=O) groups excluding carboxylic acids is 1. The maximum atomic E-state index is 12.0. The van der Waals surface area contributed by atoms with E-state index in [-0.39, 0.29) is 12.5 Å². The van der Waals surface area contributed by atoms with Crippen molar-refractivity contribution >= 4 is 29.1 Å². The van der Waals surface area contributed by atoms with Crippen LogP contribution in [0.4, 0.5) is 0 Å². The molecule has 6 heteroatoms. The summed E-state index contributed by atoms with van der Waals surface area (Å²) in [6, 6.07) is 12.2. The molecule has 0 fully saturated rings. The van der Waals surface area contributed by atoms with E-state index in [4.69, 9.17) is 27.6 Å². The maximum Gasteiger partial charge on any atom is 0.253 e. The lowest BCUT2D eigenvalue weighted by Crippen LogP contribution is -2.22. The SMILES string of the molecule is O=C(NCc1ccc(-c2ccc(Cl)cc2Cl)o1)c1cccnc1. The number of nitrogens with zero attached hydrogens (tertiary/aromatic N) is 1. The topological polar surface area (TPSA) is 55.1 Å². The number of halogens is 2. The van der Waals surface area contributed by atoms with Gasteiger partial charge >= 0.3 is 0 Å². The molecule has 0 aliphatic heterocycles. The molecular formula is C17H12Cl2N2O2. The van der Waals surface area contributed by atoms with Gasteiger partial charge in [-0.2, -0.15) is 0 Å². The van der Waals surface area contributed by atoms with Crippen LogP contribution in [0, 0.1) is 0 Å². The quantitative estimate of drug-likeness (QED) is 0.752. The van der Waals surface area contributed by atoms with Crippen molar-refractivity contribution in [3.05, 3.63) is 76.2 Å². The molecule has 1 N–H and O–H groups in total. The Hall–Kier alpha value is -2.30. The molecule has 4 nitrogen and oxygen atoms in total. The lowest BCUT2D eigenvalue weighted by Gasteiger charge is -2.03. The first kappa shape index (κ1) is 15.6. The van der Waals surface area contributed by atoms with Crippen LogP contribution < -0.4 is 5.32 Å². The van der Waals surface area contributed by atoms with Gasteiger partial charge in [-0.3, -0.25) is 9.78 Å². The summed E-state index contributed by atoms with van der Waals surface area (Å²) in [5, 5.41) is 3.85. The van der Waals surface area contributed by atoms with Crippen molar-refractivity contribution in [2.24, 2.45) is 0 Å². The zero-order chi connectivity index (χ0) is 16.2. The molecule has 2 aromatic heterocycles. The molecule has 2 heterocycles. The van der Waals surface area contributed by atoms with Gasteiger partial charge in [0.25, 0.3) is 5.91 Å². The minimum atomic E-state index is -0.208. The third kappa shape index (κ3) is 3.73. The molecule has 0 atom stereocenters. The van der Waals surface area contributed by atoms with Crippen molar-refractivity contribution in [1.29, 1.82) is 0 Å².